The highest BCUT2D eigenvalue weighted by atomic mass is 79.9. The highest BCUT2D eigenvalue weighted by Gasteiger charge is 2.12. The molecule has 1 aliphatic rings. The zero-order valence-corrected chi connectivity index (χ0v) is 13.1. The Morgan fingerprint density at radius 2 is 2.05 bits per heavy atom. The van der Waals surface area contributed by atoms with Gasteiger partial charge in [-0.05, 0) is 43.6 Å². The summed E-state index contributed by atoms with van der Waals surface area (Å²) < 4.78 is 0.998. The minimum absolute atomic E-state index is 0.0434. The molecule has 1 N–H and O–H groups in total. The first-order chi connectivity index (χ1) is 9.74. The first-order valence-corrected chi connectivity index (χ1v) is 7.83. The van der Waals surface area contributed by atoms with Crippen LogP contribution in [0.4, 0.5) is 0 Å². The van der Waals surface area contributed by atoms with E-state index in [1.165, 1.54) is 25.7 Å². The van der Waals surface area contributed by atoms with E-state index in [4.69, 9.17) is 0 Å². The Hall–Kier alpha value is -1.20. The van der Waals surface area contributed by atoms with E-state index >= 15 is 0 Å². The number of benzene rings is 1. The van der Waals surface area contributed by atoms with Crippen LogP contribution in [0.5, 0.6) is 0 Å². The first kappa shape index (κ1) is 15.2. The normalized spacial score (nSPS) is 17.1. The number of carbonyl (C=O) groups excluding carboxylic acids is 1. The van der Waals surface area contributed by atoms with E-state index < -0.39 is 0 Å². The van der Waals surface area contributed by atoms with Gasteiger partial charge in [0.2, 0.25) is 0 Å². The van der Waals surface area contributed by atoms with Crippen molar-refractivity contribution < 1.29 is 4.79 Å². The molecule has 4 nitrogen and oxygen atoms in total. The molecule has 20 heavy (non-hydrogen) atoms. The third-order valence-electron chi connectivity index (χ3n) is 3.32. The topological polar surface area (TPSA) is 44.7 Å². The van der Waals surface area contributed by atoms with Crippen LogP contribution in [0.2, 0.25) is 0 Å². The molecule has 0 atom stereocenters. The highest BCUT2D eigenvalue weighted by Crippen LogP contribution is 2.10. The van der Waals surface area contributed by atoms with Gasteiger partial charge in [0.05, 0.1) is 12.8 Å². The number of hydrogen-bond acceptors (Lipinski definition) is 3. The van der Waals surface area contributed by atoms with Gasteiger partial charge in [-0.1, -0.05) is 40.9 Å². The van der Waals surface area contributed by atoms with Crippen molar-refractivity contribution in [3.63, 3.8) is 0 Å². The largest absolute Gasteiger partial charge is 0.294 e. The predicted molar refractivity (Wildman–Crippen MR) is 84.8 cm³/mol. The van der Waals surface area contributed by atoms with Crippen LogP contribution in [-0.2, 0) is 4.79 Å². The van der Waals surface area contributed by atoms with Gasteiger partial charge in [0.15, 0.2) is 0 Å². The second kappa shape index (κ2) is 8.17. The summed E-state index contributed by atoms with van der Waals surface area (Å²) in [6, 6.07) is 7.78. The first-order valence-electron chi connectivity index (χ1n) is 7.04. The second-order valence-electron chi connectivity index (χ2n) is 5.04. The molecule has 1 fully saturated rings. The maximum atomic E-state index is 11.8. The smallest absolute Gasteiger partial charge is 0.254 e. The summed E-state index contributed by atoms with van der Waals surface area (Å²) in [4.78, 5) is 14.0. The SMILES string of the molecule is O=C(CN1CCCCCC1)N/N=C\c1cccc(Br)c1. The molecule has 2 rings (SSSR count). The molecular formula is C15H20BrN3O. The van der Waals surface area contributed by atoms with Crippen LogP contribution < -0.4 is 5.43 Å². The Morgan fingerprint density at radius 1 is 1.30 bits per heavy atom. The highest BCUT2D eigenvalue weighted by molar-refractivity contribution is 9.10. The van der Waals surface area contributed by atoms with Crippen molar-refractivity contribution in [1.82, 2.24) is 10.3 Å². The Labute approximate surface area is 128 Å². The lowest BCUT2D eigenvalue weighted by Crippen LogP contribution is -2.35. The summed E-state index contributed by atoms with van der Waals surface area (Å²) in [5.74, 6) is -0.0434. The van der Waals surface area contributed by atoms with Crippen LogP contribution >= 0.6 is 15.9 Å². The monoisotopic (exact) mass is 337 g/mol. The van der Waals surface area contributed by atoms with E-state index in [0.29, 0.717) is 6.54 Å². The number of rotatable bonds is 4. The second-order valence-corrected chi connectivity index (χ2v) is 5.95. The van der Waals surface area contributed by atoms with Crippen LogP contribution in [0.15, 0.2) is 33.8 Å². The standard InChI is InChI=1S/C15H20BrN3O/c16-14-7-5-6-13(10-14)11-17-18-15(20)12-19-8-3-1-2-4-9-19/h5-7,10-11H,1-4,8-9,12H2,(H,18,20)/b17-11-. The molecule has 1 aromatic rings. The molecular weight excluding hydrogens is 318 g/mol. The van der Waals surface area contributed by atoms with Gasteiger partial charge in [0.1, 0.15) is 0 Å². The van der Waals surface area contributed by atoms with Gasteiger partial charge in [-0.25, -0.2) is 5.43 Å². The molecule has 0 spiro atoms. The summed E-state index contributed by atoms with van der Waals surface area (Å²) in [5, 5.41) is 4.00. The number of nitrogens with one attached hydrogen (secondary N) is 1. The fourth-order valence-electron chi connectivity index (χ4n) is 2.30. The van der Waals surface area contributed by atoms with E-state index in [1.54, 1.807) is 6.21 Å². The molecule has 1 aromatic carbocycles. The number of nitrogens with zero attached hydrogens (tertiary/aromatic N) is 2. The van der Waals surface area contributed by atoms with Gasteiger partial charge in [-0.2, -0.15) is 5.10 Å². The van der Waals surface area contributed by atoms with Gasteiger partial charge in [-0.3, -0.25) is 9.69 Å². The Balaban J connectivity index is 1.76. The number of hydrogen-bond donors (Lipinski definition) is 1. The van der Waals surface area contributed by atoms with Crippen molar-refractivity contribution in [2.24, 2.45) is 5.10 Å². The van der Waals surface area contributed by atoms with Crippen molar-refractivity contribution in [2.45, 2.75) is 25.7 Å². The lowest BCUT2D eigenvalue weighted by atomic mass is 10.2. The number of halogens is 1. The predicted octanol–water partition coefficient (Wildman–Crippen LogP) is 2.78. The number of hydrazone groups is 1. The summed E-state index contributed by atoms with van der Waals surface area (Å²) in [6.07, 6.45) is 6.59. The molecule has 1 aliphatic heterocycles. The fraction of sp³-hybridized carbons (Fsp3) is 0.467. The number of carbonyl (C=O) groups is 1. The molecule has 1 heterocycles. The van der Waals surface area contributed by atoms with Gasteiger partial charge in [-0.15, -0.1) is 0 Å². The van der Waals surface area contributed by atoms with Crippen molar-refractivity contribution in [1.29, 1.82) is 0 Å². The van der Waals surface area contributed by atoms with E-state index in [1.807, 2.05) is 24.3 Å². The summed E-state index contributed by atoms with van der Waals surface area (Å²) in [5.41, 5.74) is 3.55. The van der Waals surface area contributed by atoms with Crippen LogP contribution in [-0.4, -0.2) is 36.7 Å². The van der Waals surface area contributed by atoms with E-state index in [2.05, 4.69) is 31.4 Å². The average molecular weight is 338 g/mol. The molecule has 108 valence electrons. The lowest BCUT2D eigenvalue weighted by Gasteiger charge is -2.17. The van der Waals surface area contributed by atoms with Crippen molar-refractivity contribution in [2.75, 3.05) is 19.6 Å². The van der Waals surface area contributed by atoms with Gasteiger partial charge < -0.3 is 0 Å². The molecule has 0 bridgehead atoms. The summed E-state index contributed by atoms with van der Waals surface area (Å²) >= 11 is 3.40. The maximum Gasteiger partial charge on any atom is 0.254 e. The summed E-state index contributed by atoms with van der Waals surface area (Å²) in [7, 11) is 0. The van der Waals surface area contributed by atoms with Crippen LogP contribution in [0.1, 0.15) is 31.2 Å². The fourth-order valence-corrected chi connectivity index (χ4v) is 2.72. The molecule has 0 saturated carbocycles. The third kappa shape index (κ3) is 5.43. The maximum absolute atomic E-state index is 11.8. The van der Waals surface area contributed by atoms with Gasteiger partial charge in [0.25, 0.3) is 5.91 Å². The minimum atomic E-state index is -0.0434. The van der Waals surface area contributed by atoms with Gasteiger partial charge >= 0.3 is 0 Å². The molecule has 1 amide bonds. The zero-order chi connectivity index (χ0) is 14.2. The Morgan fingerprint density at radius 3 is 2.75 bits per heavy atom. The Kier molecular flexibility index (Phi) is 6.21. The number of likely N-dealkylation sites (tertiary alicyclic amines) is 1. The molecule has 0 radical (unpaired) electrons. The van der Waals surface area contributed by atoms with Crippen LogP contribution in [0.3, 0.4) is 0 Å². The van der Waals surface area contributed by atoms with Crippen LogP contribution in [0, 0.1) is 0 Å². The van der Waals surface area contributed by atoms with Crippen molar-refractivity contribution in [3.05, 3.63) is 34.3 Å². The number of amides is 1. The zero-order valence-electron chi connectivity index (χ0n) is 11.5. The molecule has 5 heteroatoms. The third-order valence-corrected chi connectivity index (χ3v) is 3.81. The van der Waals surface area contributed by atoms with E-state index in [-0.39, 0.29) is 5.91 Å². The van der Waals surface area contributed by atoms with Crippen LogP contribution in [0.25, 0.3) is 0 Å². The molecule has 0 aromatic heterocycles. The summed E-state index contributed by atoms with van der Waals surface area (Å²) in [6.45, 7) is 2.47. The van der Waals surface area contributed by atoms with E-state index in [0.717, 1.165) is 23.1 Å². The average Bonchev–Trinajstić information content (AvgIpc) is 2.67. The molecule has 0 unspecified atom stereocenters. The van der Waals surface area contributed by atoms with Gasteiger partial charge in [0, 0.05) is 4.47 Å². The van der Waals surface area contributed by atoms with E-state index in [9.17, 15) is 4.79 Å². The van der Waals surface area contributed by atoms with Crippen molar-refractivity contribution in [3.8, 4) is 0 Å². The minimum Gasteiger partial charge on any atom is -0.294 e. The quantitative estimate of drug-likeness (QED) is 0.678. The molecule has 1 saturated heterocycles. The molecule has 0 aliphatic carbocycles. The Bertz CT molecular complexity index is 468. The van der Waals surface area contributed by atoms with Crippen molar-refractivity contribution >= 4 is 28.1 Å². The lowest BCUT2D eigenvalue weighted by molar-refractivity contribution is -0.122.